The largest absolute Gasteiger partial charge is 0.350 e. The third-order valence-electron chi connectivity index (χ3n) is 5.40. The van der Waals surface area contributed by atoms with E-state index in [0.717, 1.165) is 30.5 Å². The van der Waals surface area contributed by atoms with Gasteiger partial charge in [0.05, 0.1) is 4.90 Å². The maximum atomic E-state index is 12.9. The Hall–Kier alpha value is -2.22. The first-order valence-corrected chi connectivity index (χ1v) is 11.5. The van der Waals surface area contributed by atoms with Crippen molar-refractivity contribution in [1.29, 1.82) is 0 Å². The first-order chi connectivity index (χ1) is 13.9. The van der Waals surface area contributed by atoms with E-state index in [4.69, 9.17) is 0 Å². The molecule has 1 atom stereocenters. The van der Waals surface area contributed by atoms with Gasteiger partial charge in [0, 0.05) is 19.6 Å². The topological polar surface area (TPSA) is 69.7 Å². The molecule has 7 heteroatoms. The lowest BCUT2D eigenvalue weighted by Gasteiger charge is -2.26. The first kappa shape index (κ1) is 21.5. The Balaban J connectivity index is 1.66. The highest BCUT2D eigenvalue weighted by molar-refractivity contribution is 7.89. The summed E-state index contributed by atoms with van der Waals surface area (Å²) < 4.78 is 26.8. The zero-order valence-corrected chi connectivity index (χ0v) is 17.9. The van der Waals surface area contributed by atoms with Crippen LogP contribution in [-0.2, 0) is 21.4 Å². The van der Waals surface area contributed by atoms with Gasteiger partial charge in [-0.05, 0) is 49.7 Å². The number of sulfonamides is 1. The van der Waals surface area contributed by atoms with Crippen molar-refractivity contribution in [3.8, 4) is 0 Å². The molecule has 0 bridgehead atoms. The molecule has 0 radical (unpaired) electrons. The van der Waals surface area contributed by atoms with Gasteiger partial charge < -0.3 is 5.32 Å². The van der Waals surface area contributed by atoms with Gasteiger partial charge in [0.2, 0.25) is 15.9 Å². The molecule has 1 saturated heterocycles. The van der Waals surface area contributed by atoms with E-state index in [-0.39, 0.29) is 11.9 Å². The summed E-state index contributed by atoms with van der Waals surface area (Å²) in [6.07, 6.45) is 1.83. The van der Waals surface area contributed by atoms with Gasteiger partial charge >= 0.3 is 0 Å². The van der Waals surface area contributed by atoms with Gasteiger partial charge in [-0.15, -0.1) is 0 Å². The van der Waals surface area contributed by atoms with Crippen molar-refractivity contribution < 1.29 is 13.2 Å². The molecule has 1 aliphatic rings. The molecule has 3 rings (SSSR count). The number of carbonyl (C=O) groups is 1. The first-order valence-electron chi connectivity index (χ1n) is 10.1. The molecule has 2 aromatic carbocycles. The summed E-state index contributed by atoms with van der Waals surface area (Å²) in [4.78, 5) is 15.2. The van der Waals surface area contributed by atoms with Crippen LogP contribution in [0.25, 0.3) is 0 Å². The number of nitrogens with zero attached hydrogens (tertiary/aromatic N) is 2. The maximum Gasteiger partial charge on any atom is 0.243 e. The number of carbonyl (C=O) groups excluding carboxylic acids is 1. The molecule has 0 saturated carbocycles. The Labute approximate surface area is 173 Å². The van der Waals surface area contributed by atoms with Gasteiger partial charge in [-0.1, -0.05) is 49.4 Å². The molecule has 0 spiro atoms. The van der Waals surface area contributed by atoms with Crippen LogP contribution >= 0.6 is 0 Å². The lowest BCUT2D eigenvalue weighted by atomic mass is 10.0. The number of rotatable bonds is 8. The fourth-order valence-corrected chi connectivity index (χ4v) is 5.08. The van der Waals surface area contributed by atoms with Crippen molar-refractivity contribution in [2.45, 2.75) is 37.2 Å². The second-order valence-corrected chi connectivity index (χ2v) is 9.30. The van der Waals surface area contributed by atoms with E-state index in [0.29, 0.717) is 24.5 Å². The van der Waals surface area contributed by atoms with Crippen molar-refractivity contribution in [3.63, 3.8) is 0 Å². The third kappa shape index (κ3) is 5.04. The molecule has 0 aliphatic carbocycles. The van der Waals surface area contributed by atoms with Gasteiger partial charge in [-0.25, -0.2) is 8.42 Å². The summed E-state index contributed by atoms with van der Waals surface area (Å²) >= 11 is 0. The molecular formula is C22H29N3O3S. The number of likely N-dealkylation sites (N-methyl/N-ethyl adjacent to an activating group) is 1. The van der Waals surface area contributed by atoms with Crippen LogP contribution in [0.5, 0.6) is 0 Å². The molecule has 1 heterocycles. The number of hydrogen-bond donors (Lipinski definition) is 1. The summed E-state index contributed by atoms with van der Waals surface area (Å²) in [6, 6.07) is 16.1. The zero-order chi connectivity index (χ0) is 20.9. The van der Waals surface area contributed by atoms with Crippen LogP contribution in [0.4, 0.5) is 0 Å². The number of nitrogens with one attached hydrogen (secondary N) is 1. The van der Waals surface area contributed by atoms with E-state index >= 15 is 0 Å². The second-order valence-electron chi connectivity index (χ2n) is 7.36. The van der Waals surface area contributed by atoms with Crippen LogP contribution in [0.3, 0.4) is 0 Å². The van der Waals surface area contributed by atoms with Crippen molar-refractivity contribution in [1.82, 2.24) is 14.5 Å². The van der Waals surface area contributed by atoms with Crippen LogP contribution in [0, 0.1) is 0 Å². The number of hydrogen-bond acceptors (Lipinski definition) is 4. The molecule has 1 amide bonds. The monoisotopic (exact) mass is 415 g/mol. The SMILES string of the molecule is CCN(C)C(C(=O)NCc1ccc(S(=O)(=O)N2CCCC2)cc1)c1ccccc1. The zero-order valence-electron chi connectivity index (χ0n) is 17.0. The molecule has 1 unspecified atom stereocenters. The minimum absolute atomic E-state index is 0.0747. The fraction of sp³-hybridized carbons (Fsp3) is 0.409. The van der Waals surface area contributed by atoms with Crippen molar-refractivity contribution >= 4 is 15.9 Å². The predicted octanol–water partition coefficient (Wildman–Crippen LogP) is 2.78. The van der Waals surface area contributed by atoms with Crippen LogP contribution in [0.1, 0.15) is 36.9 Å². The van der Waals surface area contributed by atoms with Crippen LogP contribution in [0.2, 0.25) is 0 Å². The Morgan fingerprint density at radius 1 is 1.07 bits per heavy atom. The molecule has 156 valence electrons. The Kier molecular flexibility index (Phi) is 7.05. The third-order valence-corrected chi connectivity index (χ3v) is 7.31. The van der Waals surface area contributed by atoms with E-state index in [1.165, 1.54) is 4.31 Å². The number of amides is 1. The van der Waals surface area contributed by atoms with Gasteiger partial charge in [0.1, 0.15) is 6.04 Å². The predicted molar refractivity (Wildman–Crippen MR) is 114 cm³/mol. The van der Waals surface area contributed by atoms with Gasteiger partial charge in [-0.3, -0.25) is 9.69 Å². The molecular weight excluding hydrogens is 386 g/mol. The summed E-state index contributed by atoms with van der Waals surface area (Å²) in [5.74, 6) is -0.0747. The Morgan fingerprint density at radius 3 is 2.28 bits per heavy atom. The lowest BCUT2D eigenvalue weighted by Crippen LogP contribution is -2.38. The minimum atomic E-state index is -3.41. The minimum Gasteiger partial charge on any atom is -0.350 e. The smallest absolute Gasteiger partial charge is 0.243 e. The molecule has 2 aromatic rings. The highest BCUT2D eigenvalue weighted by atomic mass is 32.2. The van der Waals surface area contributed by atoms with Crippen molar-refractivity contribution in [2.75, 3.05) is 26.7 Å². The summed E-state index contributed by atoms with van der Waals surface area (Å²) in [6.45, 7) is 4.29. The average Bonchev–Trinajstić information content (AvgIpc) is 3.29. The van der Waals surface area contributed by atoms with E-state index in [1.54, 1.807) is 24.3 Å². The highest BCUT2D eigenvalue weighted by Gasteiger charge is 2.27. The molecule has 29 heavy (non-hydrogen) atoms. The number of benzene rings is 2. The average molecular weight is 416 g/mol. The summed E-state index contributed by atoms with van der Waals surface area (Å²) in [7, 11) is -1.49. The van der Waals surface area contributed by atoms with E-state index in [9.17, 15) is 13.2 Å². The van der Waals surface area contributed by atoms with Crippen molar-refractivity contribution in [3.05, 3.63) is 65.7 Å². The molecule has 1 N–H and O–H groups in total. The van der Waals surface area contributed by atoms with Crippen LogP contribution < -0.4 is 5.32 Å². The fourth-order valence-electron chi connectivity index (χ4n) is 3.57. The molecule has 1 aliphatic heterocycles. The Morgan fingerprint density at radius 2 is 1.69 bits per heavy atom. The molecule has 0 aromatic heterocycles. The lowest BCUT2D eigenvalue weighted by molar-refractivity contribution is -0.126. The summed E-state index contributed by atoms with van der Waals surface area (Å²) in [5, 5.41) is 2.99. The quantitative estimate of drug-likeness (QED) is 0.720. The van der Waals surface area contributed by atoms with E-state index in [2.05, 4.69) is 5.32 Å². The standard InChI is InChI=1S/C22H29N3O3S/c1-3-24(2)21(19-9-5-4-6-10-19)22(26)23-17-18-11-13-20(14-12-18)29(27,28)25-15-7-8-16-25/h4-6,9-14,21H,3,7-8,15-17H2,1-2H3,(H,23,26). The van der Waals surface area contributed by atoms with E-state index < -0.39 is 10.0 Å². The van der Waals surface area contributed by atoms with E-state index in [1.807, 2.05) is 49.2 Å². The highest BCUT2D eigenvalue weighted by Crippen LogP contribution is 2.22. The normalized spacial score (nSPS) is 16.1. The molecule has 1 fully saturated rings. The van der Waals surface area contributed by atoms with Gasteiger partial charge in [0.15, 0.2) is 0 Å². The van der Waals surface area contributed by atoms with Gasteiger partial charge in [0.25, 0.3) is 0 Å². The molecule has 6 nitrogen and oxygen atoms in total. The van der Waals surface area contributed by atoms with Crippen LogP contribution in [-0.4, -0.2) is 50.2 Å². The van der Waals surface area contributed by atoms with Crippen molar-refractivity contribution in [2.24, 2.45) is 0 Å². The van der Waals surface area contributed by atoms with Crippen LogP contribution in [0.15, 0.2) is 59.5 Å². The maximum absolute atomic E-state index is 12.9. The second kappa shape index (κ2) is 9.52. The summed E-state index contributed by atoms with van der Waals surface area (Å²) in [5.41, 5.74) is 1.81. The van der Waals surface area contributed by atoms with Gasteiger partial charge in [-0.2, -0.15) is 4.31 Å². The Bertz CT molecular complexity index is 908.